The number of carbonyl (C=O) groups excluding carboxylic acids is 4. The fourth-order valence-electron chi connectivity index (χ4n) is 2.95. The molecule has 8 nitrogen and oxygen atoms in total. The molecule has 2 aromatic carbocycles. The van der Waals surface area contributed by atoms with E-state index in [1.165, 1.54) is 13.0 Å². The van der Waals surface area contributed by atoms with Gasteiger partial charge in [0.05, 0.1) is 17.7 Å². The van der Waals surface area contributed by atoms with Gasteiger partial charge in [0.1, 0.15) is 11.3 Å². The average molecular weight is 382 g/mol. The Morgan fingerprint density at radius 3 is 2.25 bits per heavy atom. The van der Waals surface area contributed by atoms with Crippen LogP contribution in [-0.4, -0.2) is 39.8 Å². The highest BCUT2D eigenvalue weighted by Crippen LogP contribution is 2.28. The molecule has 1 heterocycles. The Hall–Kier alpha value is -3.68. The number of imide groups is 1. The summed E-state index contributed by atoms with van der Waals surface area (Å²) in [5.74, 6) is -2.94. The van der Waals surface area contributed by atoms with Gasteiger partial charge in [0.15, 0.2) is 6.10 Å². The van der Waals surface area contributed by atoms with Crippen LogP contribution in [0.5, 0.6) is 5.75 Å². The van der Waals surface area contributed by atoms with Gasteiger partial charge in [-0.1, -0.05) is 18.2 Å². The van der Waals surface area contributed by atoms with Crippen LogP contribution in [0.1, 0.15) is 49.1 Å². The largest absolute Gasteiger partial charge is 0.507 e. The second-order valence-electron chi connectivity index (χ2n) is 6.50. The van der Waals surface area contributed by atoms with Crippen LogP contribution < -0.4 is 5.73 Å². The highest BCUT2D eigenvalue weighted by molar-refractivity contribution is 6.21. The number of hydrogen-bond acceptors (Lipinski definition) is 6. The SMILES string of the molecule is Cc1cc(CN2C(=O)c3ccccc3C2=O)cc(C(=O)O[C@@H](C)C(N)=O)c1O. The maximum atomic E-state index is 12.5. The minimum atomic E-state index is -1.17. The zero-order valence-corrected chi connectivity index (χ0v) is 15.3. The van der Waals surface area contributed by atoms with Crippen molar-refractivity contribution in [2.45, 2.75) is 26.5 Å². The zero-order valence-electron chi connectivity index (χ0n) is 15.3. The lowest BCUT2D eigenvalue weighted by molar-refractivity contribution is -0.125. The molecule has 3 amide bonds. The molecule has 0 saturated heterocycles. The van der Waals surface area contributed by atoms with Gasteiger partial charge < -0.3 is 15.6 Å². The van der Waals surface area contributed by atoms with Crippen LogP contribution in [-0.2, 0) is 16.1 Å². The number of benzene rings is 2. The van der Waals surface area contributed by atoms with Crippen molar-refractivity contribution in [3.05, 3.63) is 64.2 Å². The van der Waals surface area contributed by atoms with Gasteiger partial charge >= 0.3 is 5.97 Å². The number of fused-ring (bicyclic) bond motifs is 1. The first-order chi connectivity index (χ1) is 13.2. The number of aryl methyl sites for hydroxylation is 1. The first kappa shape index (κ1) is 19.1. The average Bonchev–Trinajstić information content (AvgIpc) is 2.89. The molecule has 2 aromatic rings. The van der Waals surface area contributed by atoms with Crippen LogP contribution in [0.4, 0.5) is 0 Å². The zero-order chi connectivity index (χ0) is 20.6. The molecule has 0 bridgehead atoms. The predicted octanol–water partition coefficient (Wildman–Crippen LogP) is 1.53. The van der Waals surface area contributed by atoms with Crippen LogP contribution in [0.2, 0.25) is 0 Å². The Labute approximate surface area is 160 Å². The molecule has 0 saturated carbocycles. The van der Waals surface area contributed by atoms with E-state index in [2.05, 4.69) is 0 Å². The maximum Gasteiger partial charge on any atom is 0.342 e. The van der Waals surface area contributed by atoms with Crippen LogP contribution in [0.25, 0.3) is 0 Å². The van der Waals surface area contributed by atoms with Crippen LogP contribution in [0.15, 0.2) is 36.4 Å². The van der Waals surface area contributed by atoms with Crippen molar-refractivity contribution >= 4 is 23.7 Å². The summed E-state index contributed by atoms with van der Waals surface area (Å²) in [6.07, 6.45) is -1.17. The molecule has 1 aliphatic rings. The summed E-state index contributed by atoms with van der Waals surface area (Å²) in [5.41, 5.74) is 6.34. The third-order valence-corrected chi connectivity index (χ3v) is 4.48. The van der Waals surface area contributed by atoms with E-state index in [9.17, 15) is 24.3 Å². The number of amides is 3. The molecule has 1 aliphatic heterocycles. The lowest BCUT2D eigenvalue weighted by atomic mass is 10.0. The van der Waals surface area contributed by atoms with E-state index in [-0.39, 0.29) is 17.9 Å². The van der Waals surface area contributed by atoms with Gasteiger partial charge in [-0.05, 0) is 43.2 Å². The summed E-state index contributed by atoms with van der Waals surface area (Å²) in [6.45, 7) is 2.79. The third kappa shape index (κ3) is 3.32. The maximum absolute atomic E-state index is 12.5. The van der Waals surface area contributed by atoms with Crippen molar-refractivity contribution in [2.75, 3.05) is 0 Å². The van der Waals surface area contributed by atoms with Gasteiger partial charge in [-0.25, -0.2) is 4.79 Å². The number of carbonyl (C=O) groups is 4. The molecule has 3 rings (SSSR count). The highest BCUT2D eigenvalue weighted by Gasteiger charge is 2.35. The Bertz CT molecular complexity index is 979. The van der Waals surface area contributed by atoms with Crippen molar-refractivity contribution < 1.29 is 29.0 Å². The lowest BCUT2D eigenvalue weighted by Gasteiger charge is -2.17. The number of nitrogens with two attached hydrogens (primary N) is 1. The Kier molecular flexibility index (Phi) is 4.87. The van der Waals surface area contributed by atoms with E-state index in [0.717, 1.165) is 4.90 Å². The number of aromatic hydroxyl groups is 1. The lowest BCUT2D eigenvalue weighted by Crippen LogP contribution is -2.31. The van der Waals surface area contributed by atoms with Gasteiger partial charge in [0.2, 0.25) is 0 Å². The molecular formula is C20H18N2O6. The number of ether oxygens (including phenoxy) is 1. The molecule has 0 aromatic heterocycles. The Morgan fingerprint density at radius 1 is 1.14 bits per heavy atom. The monoisotopic (exact) mass is 382 g/mol. The molecule has 0 fully saturated rings. The van der Waals surface area contributed by atoms with E-state index in [1.54, 1.807) is 37.3 Å². The van der Waals surface area contributed by atoms with E-state index >= 15 is 0 Å². The topological polar surface area (TPSA) is 127 Å². The van der Waals surface area contributed by atoms with E-state index in [0.29, 0.717) is 22.3 Å². The van der Waals surface area contributed by atoms with E-state index in [4.69, 9.17) is 10.5 Å². The number of esters is 1. The number of hydrogen-bond donors (Lipinski definition) is 2. The Morgan fingerprint density at radius 2 is 1.71 bits per heavy atom. The molecule has 28 heavy (non-hydrogen) atoms. The quantitative estimate of drug-likeness (QED) is 0.596. The standard InChI is InChI=1S/C20H18N2O6/c1-10-7-12(8-15(16(10)23)20(27)28-11(2)17(21)24)9-22-18(25)13-5-3-4-6-14(13)19(22)26/h3-8,11,23H,9H2,1-2H3,(H2,21,24)/t11-/m0/s1. The summed E-state index contributed by atoms with van der Waals surface area (Å²) in [4.78, 5) is 49.5. The van der Waals surface area contributed by atoms with Crippen molar-refractivity contribution in [3.63, 3.8) is 0 Å². The second kappa shape index (κ2) is 7.15. The number of nitrogens with zero attached hydrogens (tertiary/aromatic N) is 1. The van der Waals surface area contributed by atoms with Gasteiger partial charge in [0, 0.05) is 0 Å². The number of phenols is 1. The molecule has 0 radical (unpaired) electrons. The Balaban J connectivity index is 1.89. The summed E-state index contributed by atoms with van der Waals surface area (Å²) in [6, 6.07) is 9.38. The van der Waals surface area contributed by atoms with Crippen molar-refractivity contribution in [3.8, 4) is 5.75 Å². The van der Waals surface area contributed by atoms with Crippen molar-refractivity contribution in [1.82, 2.24) is 4.90 Å². The number of phenolic OH excluding ortho intramolecular Hbond substituents is 1. The van der Waals surface area contributed by atoms with Gasteiger partial charge in [-0.3, -0.25) is 19.3 Å². The smallest absolute Gasteiger partial charge is 0.342 e. The van der Waals surface area contributed by atoms with Crippen molar-refractivity contribution in [1.29, 1.82) is 0 Å². The summed E-state index contributed by atoms with van der Waals surface area (Å²) in [7, 11) is 0. The molecule has 8 heteroatoms. The second-order valence-corrected chi connectivity index (χ2v) is 6.50. The minimum absolute atomic E-state index is 0.0842. The third-order valence-electron chi connectivity index (χ3n) is 4.48. The van der Waals surface area contributed by atoms with Crippen LogP contribution >= 0.6 is 0 Å². The van der Waals surface area contributed by atoms with Crippen molar-refractivity contribution in [2.24, 2.45) is 5.73 Å². The number of primary amides is 1. The number of rotatable bonds is 5. The summed E-state index contributed by atoms with van der Waals surface area (Å²) < 4.78 is 4.93. The van der Waals surface area contributed by atoms with Gasteiger partial charge in [0.25, 0.3) is 17.7 Å². The highest BCUT2D eigenvalue weighted by atomic mass is 16.5. The summed E-state index contributed by atoms with van der Waals surface area (Å²) >= 11 is 0. The molecule has 0 unspecified atom stereocenters. The molecule has 0 spiro atoms. The van der Waals surface area contributed by atoms with Gasteiger partial charge in [-0.2, -0.15) is 0 Å². The molecular weight excluding hydrogens is 364 g/mol. The molecule has 1 atom stereocenters. The predicted molar refractivity (Wildman–Crippen MR) is 97.6 cm³/mol. The fraction of sp³-hybridized carbons (Fsp3) is 0.200. The summed E-state index contributed by atoms with van der Waals surface area (Å²) in [5, 5.41) is 10.2. The molecule has 0 aliphatic carbocycles. The van der Waals surface area contributed by atoms with Crippen LogP contribution in [0.3, 0.4) is 0 Å². The van der Waals surface area contributed by atoms with E-state index in [1.807, 2.05) is 0 Å². The fourth-order valence-corrected chi connectivity index (χ4v) is 2.95. The molecule has 144 valence electrons. The van der Waals surface area contributed by atoms with Gasteiger partial charge in [-0.15, -0.1) is 0 Å². The van der Waals surface area contributed by atoms with E-state index < -0.39 is 29.8 Å². The normalized spacial score (nSPS) is 14.0. The first-order valence-corrected chi connectivity index (χ1v) is 8.48. The first-order valence-electron chi connectivity index (χ1n) is 8.48. The molecule has 3 N–H and O–H groups in total. The van der Waals surface area contributed by atoms with Crippen LogP contribution in [0, 0.1) is 6.92 Å². The minimum Gasteiger partial charge on any atom is -0.507 e.